The SMILES string of the molecule is COc1ccc2cc1OCc1cn(nn1)CCOc1cccnc1C(=O)N1CCN(CC1C)C2=O. The van der Waals surface area contributed by atoms with E-state index in [1.54, 1.807) is 64.3 Å². The molecule has 6 bridgehead atoms. The Morgan fingerprint density at radius 2 is 1.94 bits per heavy atom. The molecule has 35 heavy (non-hydrogen) atoms. The highest BCUT2D eigenvalue weighted by Crippen LogP contribution is 2.30. The van der Waals surface area contributed by atoms with Gasteiger partial charge in [-0.2, -0.15) is 0 Å². The highest BCUT2D eigenvalue weighted by molar-refractivity contribution is 5.97. The third-order valence-corrected chi connectivity index (χ3v) is 6.10. The molecule has 3 aliphatic heterocycles. The molecule has 1 unspecified atom stereocenters. The van der Waals surface area contributed by atoms with Crippen molar-refractivity contribution in [3.63, 3.8) is 0 Å². The lowest BCUT2D eigenvalue weighted by molar-refractivity contribution is 0.0407. The van der Waals surface area contributed by atoms with Crippen molar-refractivity contribution in [1.29, 1.82) is 0 Å². The summed E-state index contributed by atoms with van der Waals surface area (Å²) in [5.74, 6) is 1.01. The van der Waals surface area contributed by atoms with Crippen molar-refractivity contribution in [2.45, 2.75) is 26.1 Å². The van der Waals surface area contributed by atoms with Gasteiger partial charge in [0, 0.05) is 37.4 Å². The summed E-state index contributed by atoms with van der Waals surface area (Å²) in [7, 11) is 1.55. The second-order valence-electron chi connectivity index (χ2n) is 8.42. The zero-order chi connectivity index (χ0) is 24.4. The van der Waals surface area contributed by atoms with Gasteiger partial charge in [0.1, 0.15) is 18.9 Å². The molecule has 11 nitrogen and oxygen atoms in total. The Labute approximate surface area is 202 Å². The largest absolute Gasteiger partial charge is 0.493 e. The van der Waals surface area contributed by atoms with Crippen LogP contribution in [-0.2, 0) is 13.2 Å². The topological polar surface area (TPSA) is 112 Å². The molecule has 6 rings (SSSR count). The van der Waals surface area contributed by atoms with Crippen LogP contribution in [0.1, 0.15) is 33.5 Å². The van der Waals surface area contributed by atoms with Crippen molar-refractivity contribution < 1.29 is 23.8 Å². The molecule has 0 spiro atoms. The van der Waals surface area contributed by atoms with Gasteiger partial charge < -0.3 is 24.0 Å². The Morgan fingerprint density at radius 3 is 2.77 bits per heavy atom. The van der Waals surface area contributed by atoms with Gasteiger partial charge in [0.2, 0.25) is 0 Å². The summed E-state index contributed by atoms with van der Waals surface area (Å²) in [5.41, 5.74) is 1.35. The minimum absolute atomic E-state index is 0.137. The number of hydrogen-bond acceptors (Lipinski definition) is 8. The Morgan fingerprint density at radius 1 is 1.06 bits per heavy atom. The number of methoxy groups -OCH3 is 1. The molecule has 0 radical (unpaired) electrons. The number of ether oxygens (including phenoxy) is 3. The number of rotatable bonds is 1. The number of benzene rings is 1. The number of aromatic nitrogens is 4. The van der Waals surface area contributed by atoms with Crippen LogP contribution in [0.5, 0.6) is 17.2 Å². The van der Waals surface area contributed by atoms with E-state index in [1.807, 2.05) is 6.92 Å². The van der Waals surface area contributed by atoms with Crippen LogP contribution in [0.25, 0.3) is 0 Å². The monoisotopic (exact) mass is 478 g/mol. The maximum absolute atomic E-state index is 13.4. The highest BCUT2D eigenvalue weighted by Gasteiger charge is 2.32. The third-order valence-electron chi connectivity index (χ3n) is 6.10. The van der Waals surface area contributed by atoms with E-state index >= 15 is 0 Å². The van der Waals surface area contributed by atoms with Gasteiger partial charge in [-0.1, -0.05) is 5.21 Å². The van der Waals surface area contributed by atoms with Gasteiger partial charge in [-0.05, 0) is 37.3 Å². The Bertz CT molecular complexity index is 1240. The summed E-state index contributed by atoms with van der Waals surface area (Å²) in [6.45, 7) is 3.99. The summed E-state index contributed by atoms with van der Waals surface area (Å²) in [5, 5.41) is 8.25. The lowest BCUT2D eigenvalue weighted by Gasteiger charge is -2.39. The predicted molar refractivity (Wildman–Crippen MR) is 123 cm³/mol. The van der Waals surface area contributed by atoms with Crippen molar-refractivity contribution >= 4 is 11.8 Å². The number of fused-ring (bicyclic) bond motifs is 5. The van der Waals surface area contributed by atoms with E-state index in [4.69, 9.17) is 14.2 Å². The maximum atomic E-state index is 13.4. The van der Waals surface area contributed by atoms with E-state index < -0.39 is 0 Å². The first-order chi connectivity index (χ1) is 17.0. The molecule has 0 N–H and O–H groups in total. The smallest absolute Gasteiger partial charge is 0.276 e. The summed E-state index contributed by atoms with van der Waals surface area (Å²) in [6.07, 6.45) is 3.33. The molecule has 3 aromatic rings. The zero-order valence-corrected chi connectivity index (χ0v) is 19.6. The van der Waals surface area contributed by atoms with Crippen molar-refractivity contribution in [3.8, 4) is 17.2 Å². The fourth-order valence-electron chi connectivity index (χ4n) is 4.27. The molecule has 11 heteroatoms. The van der Waals surface area contributed by atoms with Crippen LogP contribution in [0.15, 0.2) is 42.7 Å². The number of piperazine rings is 1. The number of carbonyl (C=O) groups is 2. The summed E-state index contributed by atoms with van der Waals surface area (Å²) in [4.78, 5) is 34.4. The molecule has 5 heterocycles. The van der Waals surface area contributed by atoms with Crippen LogP contribution in [-0.4, -0.2) is 81.0 Å². The van der Waals surface area contributed by atoms with Crippen LogP contribution < -0.4 is 14.2 Å². The average Bonchev–Trinajstić information content (AvgIpc) is 3.34. The second-order valence-corrected chi connectivity index (χ2v) is 8.42. The van der Waals surface area contributed by atoms with Gasteiger partial charge in [0.05, 0.1) is 19.9 Å². The zero-order valence-electron chi connectivity index (χ0n) is 19.6. The average molecular weight is 479 g/mol. The molecule has 3 aliphatic rings. The van der Waals surface area contributed by atoms with Crippen LogP contribution in [0, 0.1) is 0 Å². The van der Waals surface area contributed by atoms with Crippen molar-refractivity contribution in [2.24, 2.45) is 0 Å². The van der Waals surface area contributed by atoms with Crippen molar-refractivity contribution in [3.05, 3.63) is 59.7 Å². The Kier molecular flexibility index (Phi) is 6.21. The van der Waals surface area contributed by atoms with E-state index in [9.17, 15) is 9.59 Å². The first-order valence-electron chi connectivity index (χ1n) is 11.4. The minimum atomic E-state index is -0.221. The van der Waals surface area contributed by atoms with Gasteiger partial charge in [0.15, 0.2) is 22.9 Å². The van der Waals surface area contributed by atoms with Gasteiger partial charge in [-0.3, -0.25) is 9.59 Å². The van der Waals surface area contributed by atoms with Gasteiger partial charge in [-0.15, -0.1) is 5.10 Å². The number of hydrogen-bond donors (Lipinski definition) is 0. The standard InChI is InChI=1S/C24H26N6O5/c1-16-13-28-8-9-30(16)24(32)22-20(4-3-7-25-22)34-11-10-29-14-18(26-27-29)15-35-21-12-17(23(28)31)5-6-19(21)33-2/h3-7,12,14,16H,8-11,13,15H2,1-2H3. The van der Waals surface area contributed by atoms with Crippen LogP contribution in [0.3, 0.4) is 0 Å². The Balaban J connectivity index is 1.48. The van der Waals surface area contributed by atoms with Crippen molar-refractivity contribution in [2.75, 3.05) is 33.4 Å². The summed E-state index contributed by atoms with van der Waals surface area (Å²) >= 11 is 0. The van der Waals surface area contributed by atoms with Crippen LogP contribution in [0.4, 0.5) is 0 Å². The van der Waals surface area contributed by atoms with Crippen molar-refractivity contribution in [1.82, 2.24) is 29.8 Å². The number of carbonyl (C=O) groups excluding carboxylic acids is 2. The van der Waals surface area contributed by atoms with E-state index in [0.717, 1.165) is 0 Å². The number of nitrogens with zero attached hydrogens (tertiary/aromatic N) is 6. The van der Waals surface area contributed by atoms with Gasteiger partial charge in [0.25, 0.3) is 11.8 Å². The predicted octanol–water partition coefficient (Wildman–Crippen LogP) is 1.64. The molecule has 1 aromatic carbocycles. The first-order valence-corrected chi connectivity index (χ1v) is 11.4. The molecule has 2 amide bonds. The lowest BCUT2D eigenvalue weighted by atomic mass is 10.1. The van der Waals surface area contributed by atoms with E-state index in [1.165, 1.54) is 0 Å². The molecule has 0 aliphatic carbocycles. The summed E-state index contributed by atoms with van der Waals surface area (Å²) < 4.78 is 18.9. The minimum Gasteiger partial charge on any atom is -0.493 e. The molecule has 0 saturated carbocycles. The molecule has 182 valence electrons. The molecule has 1 fully saturated rings. The molecule has 1 atom stereocenters. The molecule has 1 saturated heterocycles. The highest BCUT2D eigenvalue weighted by atomic mass is 16.5. The van der Waals surface area contributed by atoms with E-state index in [-0.39, 0.29) is 36.8 Å². The van der Waals surface area contributed by atoms with E-state index in [0.29, 0.717) is 54.7 Å². The van der Waals surface area contributed by atoms with Gasteiger partial charge >= 0.3 is 0 Å². The normalized spacial score (nSPS) is 18.6. The fourth-order valence-corrected chi connectivity index (χ4v) is 4.27. The second kappa shape index (κ2) is 9.61. The summed E-state index contributed by atoms with van der Waals surface area (Å²) in [6, 6.07) is 8.37. The molecule has 2 aromatic heterocycles. The molecular formula is C24H26N6O5. The molecular weight excluding hydrogens is 452 g/mol. The third kappa shape index (κ3) is 4.61. The van der Waals surface area contributed by atoms with Crippen LogP contribution in [0.2, 0.25) is 0 Å². The van der Waals surface area contributed by atoms with Crippen LogP contribution >= 0.6 is 0 Å². The quantitative estimate of drug-likeness (QED) is 0.519. The van der Waals surface area contributed by atoms with E-state index in [2.05, 4.69) is 15.3 Å². The lowest BCUT2D eigenvalue weighted by Crippen LogP contribution is -2.55. The maximum Gasteiger partial charge on any atom is 0.276 e. The van der Waals surface area contributed by atoms with Gasteiger partial charge in [-0.25, -0.2) is 9.67 Å². The fraction of sp³-hybridized carbons (Fsp3) is 0.375. The Hall–Kier alpha value is -4.15. The number of amides is 2. The number of pyridine rings is 1. The first kappa shape index (κ1) is 22.6.